The van der Waals surface area contributed by atoms with Crippen LogP contribution >= 0.6 is 0 Å². The Kier molecular flexibility index (Phi) is 5.34. The number of hydrogen-bond donors (Lipinski definition) is 1. The number of rotatable bonds is 4. The molecule has 2 aliphatic heterocycles. The molecule has 0 bridgehead atoms. The van der Waals surface area contributed by atoms with Crippen LogP contribution in [0.2, 0.25) is 0 Å². The summed E-state index contributed by atoms with van der Waals surface area (Å²) in [7, 11) is 1.99. The van der Waals surface area contributed by atoms with Crippen molar-refractivity contribution in [1.29, 1.82) is 0 Å². The van der Waals surface area contributed by atoms with Gasteiger partial charge in [-0.15, -0.1) is 0 Å². The van der Waals surface area contributed by atoms with Crippen LogP contribution in [0.15, 0.2) is 30.3 Å². The first-order valence-electron chi connectivity index (χ1n) is 8.93. The van der Waals surface area contributed by atoms with E-state index < -0.39 is 0 Å². The molecule has 4 heteroatoms. The van der Waals surface area contributed by atoms with Gasteiger partial charge in [0.1, 0.15) is 0 Å². The first-order valence-corrected chi connectivity index (χ1v) is 8.93. The van der Waals surface area contributed by atoms with Crippen LogP contribution in [0.1, 0.15) is 38.2 Å². The summed E-state index contributed by atoms with van der Waals surface area (Å²) in [5.74, 6) is 0.288. The fourth-order valence-corrected chi connectivity index (χ4v) is 3.92. The van der Waals surface area contributed by atoms with Crippen LogP contribution in [0.4, 0.5) is 0 Å². The standard InChI is InChI=1S/C19H29N3O/c1-15-13-17(21(2)19(23)18-9-6-11-20-18)10-12-22(15)14-16-7-4-3-5-8-16/h3-5,7-8,15,17-18,20H,6,9-14H2,1-2H3. The maximum atomic E-state index is 12.6. The van der Waals surface area contributed by atoms with Crippen molar-refractivity contribution in [3.05, 3.63) is 35.9 Å². The molecule has 1 aromatic rings. The van der Waals surface area contributed by atoms with Gasteiger partial charge in [0.25, 0.3) is 0 Å². The summed E-state index contributed by atoms with van der Waals surface area (Å²) >= 11 is 0. The molecule has 1 amide bonds. The molecule has 126 valence electrons. The van der Waals surface area contributed by atoms with E-state index >= 15 is 0 Å². The molecule has 2 fully saturated rings. The smallest absolute Gasteiger partial charge is 0.239 e. The van der Waals surface area contributed by atoms with Crippen LogP contribution in [0.25, 0.3) is 0 Å². The molecule has 3 unspecified atom stereocenters. The normalized spacial score (nSPS) is 28.7. The van der Waals surface area contributed by atoms with E-state index in [0.29, 0.717) is 12.1 Å². The van der Waals surface area contributed by atoms with Gasteiger partial charge in [-0.3, -0.25) is 9.69 Å². The van der Waals surface area contributed by atoms with Crippen LogP contribution < -0.4 is 5.32 Å². The lowest BCUT2D eigenvalue weighted by atomic mass is 9.96. The Morgan fingerprint density at radius 3 is 2.74 bits per heavy atom. The Labute approximate surface area is 139 Å². The van der Waals surface area contributed by atoms with E-state index in [1.807, 2.05) is 11.9 Å². The number of piperidine rings is 1. The zero-order valence-corrected chi connectivity index (χ0v) is 14.4. The van der Waals surface area contributed by atoms with Crippen LogP contribution in [-0.2, 0) is 11.3 Å². The van der Waals surface area contributed by atoms with Crippen molar-refractivity contribution >= 4 is 5.91 Å². The SMILES string of the molecule is CC1CC(N(C)C(=O)C2CCCN2)CCN1Cc1ccccc1. The van der Waals surface area contributed by atoms with Crippen LogP contribution in [0.3, 0.4) is 0 Å². The summed E-state index contributed by atoms with van der Waals surface area (Å²) in [6.45, 7) is 5.35. The minimum absolute atomic E-state index is 0.0534. The number of likely N-dealkylation sites (N-methyl/N-ethyl adjacent to an activating group) is 1. The molecule has 1 aromatic carbocycles. The second-order valence-electron chi connectivity index (χ2n) is 7.08. The Balaban J connectivity index is 1.54. The van der Waals surface area contributed by atoms with Gasteiger partial charge in [-0.25, -0.2) is 0 Å². The summed E-state index contributed by atoms with van der Waals surface area (Å²) in [4.78, 5) is 17.1. The molecule has 0 radical (unpaired) electrons. The number of nitrogens with one attached hydrogen (secondary N) is 1. The van der Waals surface area contributed by atoms with Gasteiger partial charge < -0.3 is 10.2 Å². The minimum Gasteiger partial charge on any atom is -0.341 e. The summed E-state index contributed by atoms with van der Waals surface area (Å²) in [5.41, 5.74) is 1.37. The number of carbonyl (C=O) groups is 1. The van der Waals surface area contributed by atoms with Gasteiger partial charge in [0.15, 0.2) is 0 Å². The molecular weight excluding hydrogens is 286 g/mol. The number of carbonyl (C=O) groups excluding carboxylic acids is 1. The largest absolute Gasteiger partial charge is 0.341 e. The van der Waals surface area contributed by atoms with Crippen LogP contribution in [-0.4, -0.2) is 54.0 Å². The van der Waals surface area contributed by atoms with Crippen molar-refractivity contribution in [3.63, 3.8) is 0 Å². The third-order valence-corrected chi connectivity index (χ3v) is 5.47. The second kappa shape index (κ2) is 7.45. The first-order chi connectivity index (χ1) is 11.1. The Hall–Kier alpha value is -1.39. The lowest BCUT2D eigenvalue weighted by Crippen LogP contribution is -2.52. The number of nitrogens with zero attached hydrogens (tertiary/aromatic N) is 2. The maximum Gasteiger partial charge on any atom is 0.239 e. The topological polar surface area (TPSA) is 35.6 Å². The third-order valence-electron chi connectivity index (χ3n) is 5.47. The molecule has 3 rings (SSSR count). The van der Waals surface area contributed by atoms with Gasteiger partial charge in [-0.05, 0) is 44.7 Å². The molecule has 0 aliphatic carbocycles. The Bertz CT molecular complexity index is 513. The van der Waals surface area contributed by atoms with Crippen molar-refractivity contribution in [3.8, 4) is 0 Å². The highest BCUT2D eigenvalue weighted by atomic mass is 16.2. The second-order valence-corrected chi connectivity index (χ2v) is 7.08. The quantitative estimate of drug-likeness (QED) is 0.926. The number of likely N-dealkylation sites (tertiary alicyclic amines) is 1. The molecule has 0 aromatic heterocycles. The highest BCUT2D eigenvalue weighted by molar-refractivity contribution is 5.82. The van der Waals surface area contributed by atoms with E-state index in [4.69, 9.17) is 0 Å². The average molecular weight is 315 g/mol. The highest BCUT2D eigenvalue weighted by Gasteiger charge is 2.33. The highest BCUT2D eigenvalue weighted by Crippen LogP contribution is 2.24. The number of hydrogen-bond acceptors (Lipinski definition) is 3. The van der Waals surface area contributed by atoms with E-state index in [1.165, 1.54) is 5.56 Å². The van der Waals surface area contributed by atoms with E-state index in [2.05, 4.69) is 47.5 Å². The molecule has 1 N–H and O–H groups in total. The fourth-order valence-electron chi connectivity index (χ4n) is 3.92. The molecule has 2 saturated heterocycles. The number of amides is 1. The molecular formula is C19H29N3O. The monoisotopic (exact) mass is 315 g/mol. The zero-order chi connectivity index (χ0) is 16.2. The van der Waals surface area contributed by atoms with E-state index in [-0.39, 0.29) is 11.9 Å². The summed E-state index contributed by atoms with van der Waals surface area (Å²) < 4.78 is 0. The van der Waals surface area contributed by atoms with E-state index in [9.17, 15) is 4.79 Å². The average Bonchev–Trinajstić information content (AvgIpc) is 3.11. The first kappa shape index (κ1) is 16.5. The molecule has 2 heterocycles. The zero-order valence-electron chi connectivity index (χ0n) is 14.4. The Morgan fingerprint density at radius 1 is 1.30 bits per heavy atom. The summed E-state index contributed by atoms with van der Waals surface area (Å²) in [6, 6.07) is 11.6. The van der Waals surface area contributed by atoms with E-state index in [1.54, 1.807) is 0 Å². The molecule has 0 spiro atoms. The molecule has 3 atom stereocenters. The van der Waals surface area contributed by atoms with Gasteiger partial charge in [0, 0.05) is 32.2 Å². The maximum absolute atomic E-state index is 12.6. The van der Waals surface area contributed by atoms with Crippen LogP contribution in [0, 0.1) is 0 Å². The van der Waals surface area contributed by atoms with Crippen molar-refractivity contribution in [2.24, 2.45) is 0 Å². The minimum atomic E-state index is 0.0534. The van der Waals surface area contributed by atoms with Gasteiger partial charge in [-0.2, -0.15) is 0 Å². The molecule has 2 aliphatic rings. The van der Waals surface area contributed by atoms with Crippen molar-refractivity contribution in [2.75, 3.05) is 20.1 Å². The fraction of sp³-hybridized carbons (Fsp3) is 0.632. The molecule has 4 nitrogen and oxygen atoms in total. The lowest BCUT2D eigenvalue weighted by Gasteiger charge is -2.41. The third kappa shape index (κ3) is 3.93. The predicted octanol–water partition coefficient (Wildman–Crippen LogP) is 2.25. The summed E-state index contributed by atoms with van der Waals surface area (Å²) in [6.07, 6.45) is 4.26. The van der Waals surface area contributed by atoms with Crippen molar-refractivity contribution < 1.29 is 4.79 Å². The lowest BCUT2D eigenvalue weighted by molar-refractivity contribution is -0.135. The van der Waals surface area contributed by atoms with Gasteiger partial charge in [0.05, 0.1) is 6.04 Å². The Morgan fingerprint density at radius 2 is 2.09 bits per heavy atom. The van der Waals surface area contributed by atoms with Crippen molar-refractivity contribution in [1.82, 2.24) is 15.1 Å². The summed E-state index contributed by atoms with van der Waals surface area (Å²) in [5, 5.41) is 3.33. The van der Waals surface area contributed by atoms with Gasteiger partial charge in [0.2, 0.25) is 5.91 Å². The molecule has 23 heavy (non-hydrogen) atoms. The van der Waals surface area contributed by atoms with Crippen LogP contribution in [0.5, 0.6) is 0 Å². The van der Waals surface area contributed by atoms with Crippen molar-refractivity contribution in [2.45, 2.75) is 57.3 Å². The molecule has 0 saturated carbocycles. The van der Waals surface area contributed by atoms with Gasteiger partial charge >= 0.3 is 0 Å². The predicted molar refractivity (Wildman–Crippen MR) is 93.1 cm³/mol. The van der Waals surface area contributed by atoms with E-state index in [0.717, 1.165) is 45.3 Å². The van der Waals surface area contributed by atoms with Gasteiger partial charge in [-0.1, -0.05) is 30.3 Å². The number of benzene rings is 1.